The van der Waals surface area contributed by atoms with Crippen molar-refractivity contribution in [3.05, 3.63) is 57.9 Å². The molecular weight excluding hydrogens is 495 g/mol. The molecule has 1 heterocycles. The molecule has 0 bridgehead atoms. The number of rotatable bonds is 7. The fourth-order valence-corrected chi connectivity index (χ4v) is 5.14. The largest absolute Gasteiger partial charge is 0.496 e. The molecule has 6 nitrogen and oxygen atoms in total. The number of halogens is 6. The highest BCUT2D eigenvalue weighted by Crippen LogP contribution is 2.33. The second-order valence-electron chi connectivity index (χ2n) is 7.51. The molecule has 13 heteroatoms. The van der Waals surface area contributed by atoms with Crippen molar-refractivity contribution in [2.45, 2.75) is 24.0 Å². The Kier molecular flexibility index (Phi) is 7.84. The molecule has 1 fully saturated rings. The molecular formula is C20H20ClF5N2O4S. The van der Waals surface area contributed by atoms with E-state index < -0.39 is 56.2 Å². The molecule has 1 aliphatic heterocycles. The van der Waals surface area contributed by atoms with Crippen LogP contribution in [0.5, 0.6) is 5.75 Å². The summed E-state index contributed by atoms with van der Waals surface area (Å²) in [5.41, 5.74) is 0.396. The Labute approximate surface area is 192 Å². The van der Waals surface area contributed by atoms with Gasteiger partial charge in [-0.1, -0.05) is 11.6 Å². The predicted molar refractivity (Wildman–Crippen MR) is 109 cm³/mol. The van der Waals surface area contributed by atoms with E-state index in [1.165, 1.54) is 13.2 Å². The van der Waals surface area contributed by atoms with Gasteiger partial charge in [0.25, 0.3) is 0 Å². The Hall–Kier alpha value is -1.99. The van der Waals surface area contributed by atoms with Crippen LogP contribution in [-0.4, -0.2) is 45.2 Å². The second kappa shape index (κ2) is 10.1. The van der Waals surface area contributed by atoms with Gasteiger partial charge in [0.2, 0.25) is 15.8 Å². The summed E-state index contributed by atoms with van der Waals surface area (Å²) in [7, 11) is -3.63. The number of methoxy groups -OCH3 is 1. The lowest BCUT2D eigenvalue weighted by Gasteiger charge is -2.36. The van der Waals surface area contributed by atoms with Crippen molar-refractivity contribution >= 4 is 21.6 Å². The van der Waals surface area contributed by atoms with Crippen LogP contribution < -0.4 is 9.46 Å². The third-order valence-electron chi connectivity index (χ3n) is 5.37. The highest BCUT2D eigenvalue weighted by molar-refractivity contribution is 7.89. The number of nitrogens with zero attached hydrogens (tertiary/aromatic N) is 1. The van der Waals surface area contributed by atoms with Gasteiger partial charge >= 0.3 is 0 Å². The van der Waals surface area contributed by atoms with E-state index in [1.807, 2.05) is 4.72 Å². The SMILES string of the molecule is COc1ccc(Cl)cc1C(O)N1CCC[C@H](CNS(=O)(=O)c2c(F)c(F)c(F)c(F)c2F)C1. The maximum absolute atomic E-state index is 13.9. The minimum Gasteiger partial charge on any atom is -0.496 e. The normalized spacial score (nSPS) is 18.4. The number of hydrogen-bond donors (Lipinski definition) is 2. The molecule has 0 radical (unpaired) electrons. The van der Waals surface area contributed by atoms with Crippen LogP contribution in [0.15, 0.2) is 23.1 Å². The van der Waals surface area contributed by atoms with Crippen LogP contribution in [0.2, 0.25) is 5.02 Å². The third kappa shape index (κ3) is 5.24. The highest BCUT2D eigenvalue weighted by Gasteiger charge is 2.34. The molecule has 0 spiro atoms. The smallest absolute Gasteiger partial charge is 0.246 e. The molecule has 1 aliphatic rings. The van der Waals surface area contributed by atoms with E-state index in [0.29, 0.717) is 35.7 Å². The van der Waals surface area contributed by atoms with E-state index in [1.54, 1.807) is 17.0 Å². The highest BCUT2D eigenvalue weighted by atomic mass is 35.5. The monoisotopic (exact) mass is 514 g/mol. The first-order valence-electron chi connectivity index (χ1n) is 9.74. The zero-order valence-electron chi connectivity index (χ0n) is 17.2. The van der Waals surface area contributed by atoms with Gasteiger partial charge in [-0.05, 0) is 37.0 Å². The number of benzene rings is 2. The standard InChI is InChI=1S/C20H20ClF5N2O4S/c1-32-13-5-4-11(21)7-12(13)20(29)28-6-2-3-10(9-28)8-27-33(30,31)19-17(25)15(23)14(22)16(24)18(19)26/h4-5,7,10,20,27,29H,2-3,6,8-9H2,1H3/t10-,20?/m1/s1. The van der Waals surface area contributed by atoms with Crippen molar-refractivity contribution in [1.29, 1.82) is 0 Å². The third-order valence-corrected chi connectivity index (χ3v) is 7.04. The number of aliphatic hydroxyl groups excluding tert-OH is 1. The molecule has 0 saturated carbocycles. The Morgan fingerprint density at radius 3 is 2.36 bits per heavy atom. The van der Waals surface area contributed by atoms with Crippen LogP contribution in [0.25, 0.3) is 0 Å². The molecule has 33 heavy (non-hydrogen) atoms. The van der Waals surface area contributed by atoms with Gasteiger partial charge in [-0.25, -0.2) is 35.1 Å². The van der Waals surface area contributed by atoms with Gasteiger partial charge in [-0.2, -0.15) is 0 Å². The van der Waals surface area contributed by atoms with Crippen LogP contribution in [0.3, 0.4) is 0 Å². The molecule has 2 atom stereocenters. The molecule has 182 valence electrons. The van der Waals surface area contributed by atoms with E-state index in [2.05, 4.69) is 0 Å². The van der Waals surface area contributed by atoms with Crippen molar-refractivity contribution < 1.29 is 40.2 Å². The van der Waals surface area contributed by atoms with Crippen molar-refractivity contribution in [2.24, 2.45) is 5.92 Å². The lowest BCUT2D eigenvalue weighted by Crippen LogP contribution is -2.42. The number of aliphatic hydroxyl groups is 1. The summed E-state index contributed by atoms with van der Waals surface area (Å²) in [4.78, 5) is -0.301. The Morgan fingerprint density at radius 2 is 1.76 bits per heavy atom. The van der Waals surface area contributed by atoms with E-state index in [4.69, 9.17) is 16.3 Å². The van der Waals surface area contributed by atoms with Crippen LogP contribution in [0.4, 0.5) is 22.0 Å². The van der Waals surface area contributed by atoms with Gasteiger partial charge in [0.15, 0.2) is 28.2 Å². The molecule has 2 N–H and O–H groups in total. The first kappa shape index (κ1) is 25.6. The van der Waals surface area contributed by atoms with Crippen molar-refractivity contribution in [3.63, 3.8) is 0 Å². The summed E-state index contributed by atoms with van der Waals surface area (Å²) in [5.74, 6) is -12.1. The molecule has 0 amide bonds. The summed E-state index contributed by atoms with van der Waals surface area (Å²) in [6.45, 7) is 0.284. The second-order valence-corrected chi connectivity index (χ2v) is 9.65. The van der Waals surface area contributed by atoms with Crippen molar-refractivity contribution in [2.75, 3.05) is 26.7 Å². The number of sulfonamides is 1. The molecule has 0 aromatic heterocycles. The van der Waals surface area contributed by atoms with Gasteiger partial charge in [0.1, 0.15) is 12.0 Å². The number of likely N-dealkylation sites (tertiary alicyclic amines) is 1. The summed E-state index contributed by atoms with van der Waals surface area (Å²) < 4.78 is 99.7. The lowest BCUT2D eigenvalue weighted by atomic mass is 9.97. The topological polar surface area (TPSA) is 78.9 Å². The molecule has 2 aromatic carbocycles. The van der Waals surface area contributed by atoms with Crippen LogP contribution in [-0.2, 0) is 10.0 Å². The van der Waals surface area contributed by atoms with Gasteiger partial charge in [-0.15, -0.1) is 0 Å². The van der Waals surface area contributed by atoms with Crippen LogP contribution in [0.1, 0.15) is 24.6 Å². The van der Waals surface area contributed by atoms with E-state index in [-0.39, 0.29) is 13.1 Å². The predicted octanol–water partition coefficient (Wildman–Crippen LogP) is 3.73. The van der Waals surface area contributed by atoms with Gasteiger partial charge in [0, 0.05) is 30.2 Å². The Balaban J connectivity index is 1.75. The zero-order chi connectivity index (χ0) is 24.5. The quantitative estimate of drug-likeness (QED) is 0.334. The minimum atomic E-state index is -5.05. The zero-order valence-corrected chi connectivity index (χ0v) is 18.8. The first-order valence-corrected chi connectivity index (χ1v) is 11.6. The minimum absolute atomic E-state index is 0.177. The van der Waals surface area contributed by atoms with E-state index in [9.17, 15) is 35.5 Å². The first-order chi connectivity index (χ1) is 15.5. The number of nitrogens with one attached hydrogen (secondary N) is 1. The summed E-state index contributed by atoms with van der Waals surface area (Å²) in [6.07, 6.45) is -0.0852. The molecule has 0 aliphatic carbocycles. The number of ether oxygens (including phenoxy) is 1. The van der Waals surface area contributed by atoms with E-state index >= 15 is 0 Å². The number of piperidine rings is 1. The fraction of sp³-hybridized carbons (Fsp3) is 0.400. The molecule has 2 aromatic rings. The summed E-state index contributed by atoms with van der Waals surface area (Å²) in [6, 6.07) is 4.70. The maximum atomic E-state index is 13.9. The van der Waals surface area contributed by atoms with Crippen molar-refractivity contribution in [3.8, 4) is 5.75 Å². The average molecular weight is 515 g/mol. The van der Waals surface area contributed by atoms with Crippen LogP contribution >= 0.6 is 11.6 Å². The van der Waals surface area contributed by atoms with Crippen LogP contribution in [0, 0.1) is 35.0 Å². The van der Waals surface area contributed by atoms with Gasteiger partial charge in [-0.3, -0.25) is 4.90 Å². The Bertz CT molecular complexity index is 1120. The molecule has 1 saturated heterocycles. The number of hydrogen-bond acceptors (Lipinski definition) is 5. The van der Waals surface area contributed by atoms with E-state index in [0.717, 1.165) is 0 Å². The summed E-state index contributed by atoms with van der Waals surface area (Å²) in [5, 5.41) is 11.2. The molecule has 3 rings (SSSR count). The average Bonchev–Trinajstić information content (AvgIpc) is 2.80. The Morgan fingerprint density at radius 1 is 1.15 bits per heavy atom. The fourth-order valence-electron chi connectivity index (χ4n) is 3.71. The molecule has 1 unspecified atom stereocenters. The maximum Gasteiger partial charge on any atom is 0.246 e. The van der Waals surface area contributed by atoms with Gasteiger partial charge in [0.05, 0.1) is 7.11 Å². The summed E-state index contributed by atoms with van der Waals surface area (Å²) >= 11 is 6.00. The lowest BCUT2D eigenvalue weighted by molar-refractivity contribution is -0.0244. The van der Waals surface area contributed by atoms with Crippen molar-refractivity contribution in [1.82, 2.24) is 9.62 Å². The van der Waals surface area contributed by atoms with Gasteiger partial charge < -0.3 is 9.84 Å².